The summed E-state index contributed by atoms with van der Waals surface area (Å²) in [6.45, 7) is 3.99. The number of hydrogen-bond acceptors (Lipinski definition) is 5. The van der Waals surface area contributed by atoms with E-state index in [0.29, 0.717) is 6.61 Å². The van der Waals surface area contributed by atoms with E-state index in [1.807, 2.05) is 0 Å². The van der Waals surface area contributed by atoms with E-state index < -0.39 is 32.7 Å². The number of esters is 1. The van der Waals surface area contributed by atoms with Crippen molar-refractivity contribution in [2.45, 2.75) is 24.8 Å². The molecule has 1 rings (SSSR count). The molecule has 0 bridgehead atoms. The Balaban J connectivity index is 3.12. The van der Waals surface area contributed by atoms with Gasteiger partial charge in [0.05, 0.1) is 24.2 Å². The van der Waals surface area contributed by atoms with E-state index in [0.717, 1.165) is 25.3 Å². The van der Waals surface area contributed by atoms with Crippen LogP contribution < -0.4 is 4.72 Å². The van der Waals surface area contributed by atoms with Crippen LogP contribution in [0.2, 0.25) is 0 Å². The molecule has 1 aromatic carbocycles. The molecule has 1 N–H and O–H groups in total. The summed E-state index contributed by atoms with van der Waals surface area (Å²) < 4.78 is 49.8. The number of benzene rings is 1. The minimum absolute atomic E-state index is 0.165. The van der Waals surface area contributed by atoms with Crippen LogP contribution in [0.5, 0.6) is 0 Å². The lowest BCUT2D eigenvalue weighted by Gasteiger charge is -2.15. The Morgan fingerprint density at radius 2 is 2.10 bits per heavy atom. The first-order chi connectivity index (χ1) is 9.81. The molecule has 1 atom stereocenters. The van der Waals surface area contributed by atoms with Crippen molar-refractivity contribution in [3.05, 3.63) is 29.6 Å². The third kappa shape index (κ3) is 4.76. The second kappa shape index (κ2) is 7.48. The number of sulfonamides is 1. The molecule has 0 aliphatic rings. The van der Waals surface area contributed by atoms with Crippen molar-refractivity contribution in [1.29, 1.82) is 0 Å². The van der Waals surface area contributed by atoms with E-state index >= 15 is 0 Å². The molecule has 0 heterocycles. The van der Waals surface area contributed by atoms with Crippen molar-refractivity contribution < 1.29 is 27.1 Å². The van der Waals surface area contributed by atoms with Crippen LogP contribution in [0.4, 0.5) is 4.39 Å². The predicted molar refractivity (Wildman–Crippen MR) is 74.0 cm³/mol. The van der Waals surface area contributed by atoms with Gasteiger partial charge in [-0.05, 0) is 32.0 Å². The van der Waals surface area contributed by atoms with Crippen LogP contribution in [0.25, 0.3) is 0 Å². The fourth-order valence-corrected chi connectivity index (χ4v) is 3.09. The second-order valence-corrected chi connectivity index (χ2v) is 6.00. The van der Waals surface area contributed by atoms with Crippen LogP contribution in [0.1, 0.15) is 24.2 Å². The molecule has 0 fully saturated rings. The number of carbonyl (C=O) groups is 1. The van der Waals surface area contributed by atoms with Crippen LogP contribution >= 0.6 is 0 Å². The summed E-state index contributed by atoms with van der Waals surface area (Å²) in [6.07, 6.45) is 0. The molecule has 118 valence electrons. The highest BCUT2D eigenvalue weighted by atomic mass is 32.2. The van der Waals surface area contributed by atoms with E-state index in [1.165, 1.54) is 0 Å². The summed E-state index contributed by atoms with van der Waals surface area (Å²) in [5, 5.41) is 0. The zero-order valence-electron chi connectivity index (χ0n) is 12.1. The summed E-state index contributed by atoms with van der Waals surface area (Å²) in [7, 11) is -2.95. The Kier molecular flexibility index (Phi) is 6.25. The maximum atomic E-state index is 13.3. The molecule has 0 aliphatic carbocycles. The van der Waals surface area contributed by atoms with Crippen molar-refractivity contribution in [3.63, 3.8) is 0 Å². The lowest BCUT2D eigenvalue weighted by molar-refractivity contribution is 0.0596. The van der Waals surface area contributed by atoms with E-state index in [-0.39, 0.29) is 12.2 Å². The molecular weight excluding hydrogens is 301 g/mol. The molecule has 0 spiro atoms. The molecule has 21 heavy (non-hydrogen) atoms. The number of hydrogen-bond donors (Lipinski definition) is 1. The Bertz CT molecular complexity index is 603. The standard InChI is InChI=1S/C13H18FNO5S/c1-4-20-8-9(2)15-21(17,18)12-7-10(14)5-6-11(12)13(16)19-3/h5-7,9,15H,4,8H2,1-3H3. The lowest BCUT2D eigenvalue weighted by Crippen LogP contribution is -2.36. The minimum Gasteiger partial charge on any atom is -0.465 e. The molecule has 0 saturated carbocycles. The van der Waals surface area contributed by atoms with Crippen LogP contribution in [0.3, 0.4) is 0 Å². The van der Waals surface area contributed by atoms with Crippen molar-refractivity contribution in [2.75, 3.05) is 20.3 Å². The average molecular weight is 319 g/mol. The predicted octanol–water partition coefficient (Wildman–Crippen LogP) is 1.32. The van der Waals surface area contributed by atoms with Crippen molar-refractivity contribution in [1.82, 2.24) is 4.72 Å². The molecule has 0 radical (unpaired) electrons. The lowest BCUT2D eigenvalue weighted by atomic mass is 10.2. The van der Waals surface area contributed by atoms with E-state index in [2.05, 4.69) is 9.46 Å². The molecule has 0 aliphatic heterocycles. The van der Waals surface area contributed by atoms with Gasteiger partial charge in [-0.1, -0.05) is 0 Å². The first-order valence-corrected chi connectivity index (χ1v) is 7.78. The van der Waals surface area contributed by atoms with Gasteiger partial charge in [0, 0.05) is 12.6 Å². The van der Waals surface area contributed by atoms with Gasteiger partial charge in [-0.3, -0.25) is 0 Å². The number of nitrogens with one attached hydrogen (secondary N) is 1. The molecular formula is C13H18FNO5S. The maximum Gasteiger partial charge on any atom is 0.339 e. The van der Waals surface area contributed by atoms with Gasteiger partial charge in [0.1, 0.15) is 5.82 Å². The Labute approximate surface area is 123 Å². The highest BCUT2D eigenvalue weighted by Gasteiger charge is 2.25. The van der Waals surface area contributed by atoms with Crippen LogP contribution in [-0.4, -0.2) is 40.8 Å². The molecule has 0 saturated heterocycles. The maximum absolute atomic E-state index is 13.3. The fraction of sp³-hybridized carbons (Fsp3) is 0.462. The van der Waals surface area contributed by atoms with Gasteiger partial charge >= 0.3 is 5.97 Å². The van der Waals surface area contributed by atoms with Gasteiger partial charge < -0.3 is 9.47 Å². The van der Waals surface area contributed by atoms with Crippen LogP contribution in [0.15, 0.2) is 23.1 Å². The molecule has 1 unspecified atom stereocenters. The Morgan fingerprint density at radius 1 is 1.43 bits per heavy atom. The van der Waals surface area contributed by atoms with Crippen molar-refractivity contribution >= 4 is 16.0 Å². The van der Waals surface area contributed by atoms with Crippen LogP contribution in [0, 0.1) is 5.82 Å². The summed E-state index contributed by atoms with van der Waals surface area (Å²) in [6, 6.07) is 2.32. The van der Waals surface area contributed by atoms with Gasteiger partial charge in [0.2, 0.25) is 10.0 Å². The van der Waals surface area contributed by atoms with E-state index in [9.17, 15) is 17.6 Å². The SMILES string of the molecule is CCOCC(C)NS(=O)(=O)c1cc(F)ccc1C(=O)OC. The summed E-state index contributed by atoms with van der Waals surface area (Å²) >= 11 is 0. The third-order valence-corrected chi connectivity index (χ3v) is 4.20. The van der Waals surface area contributed by atoms with Crippen LogP contribution in [-0.2, 0) is 19.5 Å². The Hall–Kier alpha value is -1.51. The Morgan fingerprint density at radius 3 is 2.67 bits per heavy atom. The van der Waals surface area contributed by atoms with E-state index in [4.69, 9.17) is 4.74 Å². The number of rotatable bonds is 7. The molecule has 0 aromatic heterocycles. The topological polar surface area (TPSA) is 81.7 Å². The number of halogens is 1. The normalized spacial score (nSPS) is 13.0. The second-order valence-electron chi connectivity index (χ2n) is 4.31. The monoisotopic (exact) mass is 319 g/mol. The largest absolute Gasteiger partial charge is 0.465 e. The van der Waals surface area contributed by atoms with Gasteiger partial charge in [0.15, 0.2) is 0 Å². The van der Waals surface area contributed by atoms with Gasteiger partial charge in [-0.2, -0.15) is 0 Å². The number of methoxy groups -OCH3 is 1. The molecule has 8 heteroatoms. The zero-order valence-corrected chi connectivity index (χ0v) is 12.9. The summed E-state index contributed by atoms with van der Waals surface area (Å²) in [5.74, 6) is -1.62. The first-order valence-electron chi connectivity index (χ1n) is 6.29. The van der Waals surface area contributed by atoms with Crippen molar-refractivity contribution in [3.8, 4) is 0 Å². The molecule has 6 nitrogen and oxygen atoms in total. The number of ether oxygens (including phenoxy) is 2. The highest BCUT2D eigenvalue weighted by Crippen LogP contribution is 2.18. The summed E-state index contributed by atoms with van der Waals surface area (Å²) in [4.78, 5) is 11.1. The summed E-state index contributed by atoms with van der Waals surface area (Å²) in [5.41, 5.74) is -0.227. The van der Waals surface area contributed by atoms with E-state index in [1.54, 1.807) is 13.8 Å². The van der Waals surface area contributed by atoms with Gasteiger partial charge in [-0.25, -0.2) is 22.3 Å². The zero-order chi connectivity index (χ0) is 16.0. The quantitative estimate of drug-likeness (QED) is 0.767. The minimum atomic E-state index is -4.07. The molecule has 1 aromatic rings. The third-order valence-electron chi connectivity index (χ3n) is 2.57. The number of carbonyl (C=O) groups excluding carboxylic acids is 1. The van der Waals surface area contributed by atoms with Gasteiger partial charge in [0.25, 0.3) is 0 Å². The average Bonchev–Trinajstić information content (AvgIpc) is 2.43. The van der Waals surface area contributed by atoms with Crippen molar-refractivity contribution in [2.24, 2.45) is 0 Å². The first kappa shape index (κ1) is 17.5. The highest BCUT2D eigenvalue weighted by molar-refractivity contribution is 7.89. The van der Waals surface area contributed by atoms with Gasteiger partial charge in [-0.15, -0.1) is 0 Å². The smallest absolute Gasteiger partial charge is 0.339 e. The molecule has 0 amide bonds. The fourth-order valence-electron chi connectivity index (χ4n) is 1.65.